The van der Waals surface area contributed by atoms with Gasteiger partial charge in [-0.15, -0.1) is 0 Å². The zero-order valence-corrected chi connectivity index (χ0v) is 16.3. The van der Waals surface area contributed by atoms with Gasteiger partial charge in [0, 0.05) is 43.4 Å². The zero-order chi connectivity index (χ0) is 19.6. The smallest absolute Gasteiger partial charge is 0.222 e. The summed E-state index contributed by atoms with van der Waals surface area (Å²) in [5.41, 5.74) is 2.52. The first-order valence-corrected chi connectivity index (χ1v) is 9.89. The van der Waals surface area contributed by atoms with Crippen LogP contribution in [0.2, 0.25) is 0 Å². The number of pyridine rings is 2. The number of nitriles is 1. The van der Waals surface area contributed by atoms with Crippen molar-refractivity contribution < 1.29 is 4.79 Å². The van der Waals surface area contributed by atoms with E-state index in [1.54, 1.807) is 6.20 Å². The minimum absolute atomic E-state index is 0.0547. The third-order valence-electron chi connectivity index (χ3n) is 5.92. The van der Waals surface area contributed by atoms with Gasteiger partial charge >= 0.3 is 0 Å². The Kier molecular flexibility index (Phi) is 4.99. The Bertz CT molecular complexity index is 907. The van der Waals surface area contributed by atoms with E-state index in [-0.39, 0.29) is 11.3 Å². The van der Waals surface area contributed by atoms with Crippen LogP contribution in [0.15, 0.2) is 36.5 Å². The Labute approximate surface area is 165 Å². The lowest BCUT2D eigenvalue weighted by atomic mass is 9.73. The Balaban J connectivity index is 1.55. The summed E-state index contributed by atoms with van der Waals surface area (Å²) in [7, 11) is 0. The third-order valence-corrected chi connectivity index (χ3v) is 5.92. The van der Waals surface area contributed by atoms with Crippen LogP contribution in [0.3, 0.4) is 0 Å². The van der Waals surface area contributed by atoms with E-state index in [1.165, 1.54) is 0 Å². The molecule has 2 aliphatic rings. The molecule has 28 heavy (non-hydrogen) atoms. The number of carbonyl (C=O) groups excluding carboxylic acids is 1. The van der Waals surface area contributed by atoms with Crippen LogP contribution in [0.5, 0.6) is 0 Å². The van der Waals surface area contributed by atoms with Crippen molar-refractivity contribution in [2.24, 2.45) is 5.41 Å². The van der Waals surface area contributed by atoms with Gasteiger partial charge in [-0.05, 0) is 50.5 Å². The minimum atomic E-state index is 0.0547. The Morgan fingerprint density at radius 3 is 2.89 bits per heavy atom. The van der Waals surface area contributed by atoms with E-state index in [2.05, 4.69) is 20.9 Å². The summed E-state index contributed by atoms with van der Waals surface area (Å²) in [6.45, 7) is 5.00. The highest BCUT2D eigenvalue weighted by molar-refractivity contribution is 5.77. The Morgan fingerprint density at radius 1 is 1.21 bits per heavy atom. The number of piperidine rings is 2. The van der Waals surface area contributed by atoms with E-state index in [4.69, 9.17) is 0 Å². The van der Waals surface area contributed by atoms with Crippen molar-refractivity contribution in [3.8, 4) is 6.07 Å². The molecule has 2 saturated heterocycles. The molecular weight excluding hydrogens is 350 g/mol. The quantitative estimate of drug-likeness (QED) is 0.824. The molecule has 2 aromatic heterocycles. The predicted octanol–water partition coefficient (Wildman–Crippen LogP) is 3.07. The van der Waals surface area contributed by atoms with Crippen LogP contribution in [0.1, 0.15) is 42.6 Å². The van der Waals surface area contributed by atoms with Gasteiger partial charge in [0.05, 0.1) is 17.8 Å². The number of hydrogen-bond acceptors (Lipinski definition) is 5. The van der Waals surface area contributed by atoms with Gasteiger partial charge in [0.2, 0.25) is 5.91 Å². The van der Waals surface area contributed by atoms with Crippen LogP contribution in [0.4, 0.5) is 5.82 Å². The van der Waals surface area contributed by atoms with E-state index in [0.29, 0.717) is 18.5 Å². The molecule has 2 aliphatic heterocycles. The van der Waals surface area contributed by atoms with Gasteiger partial charge in [0.25, 0.3) is 0 Å². The normalized spacial score (nSPS) is 22.4. The number of aryl methyl sites for hydroxylation is 1. The molecule has 6 heteroatoms. The summed E-state index contributed by atoms with van der Waals surface area (Å²) in [6, 6.07) is 11.8. The standard InChI is InChI=1S/C22H25N5O/c1-17-6-7-18(13-23)21(25-17)26-12-4-9-22(15-26)10-8-20(28)27(16-22)14-19-5-2-3-11-24-19/h2-3,5-7,11H,4,8-10,12,14-16H2,1H3/t22-/m0/s1. The topological polar surface area (TPSA) is 73.1 Å². The fourth-order valence-electron chi connectivity index (χ4n) is 4.53. The van der Waals surface area contributed by atoms with Crippen molar-refractivity contribution in [2.45, 2.75) is 39.2 Å². The van der Waals surface area contributed by atoms with E-state index in [9.17, 15) is 10.1 Å². The monoisotopic (exact) mass is 375 g/mol. The second kappa shape index (κ2) is 7.59. The molecule has 4 rings (SSSR count). The van der Waals surface area contributed by atoms with Crippen LogP contribution < -0.4 is 4.90 Å². The van der Waals surface area contributed by atoms with Crippen LogP contribution >= 0.6 is 0 Å². The van der Waals surface area contributed by atoms with E-state index >= 15 is 0 Å². The molecule has 2 fully saturated rings. The molecule has 1 spiro atoms. The summed E-state index contributed by atoms with van der Waals surface area (Å²) in [5, 5.41) is 9.51. The second-order valence-corrected chi connectivity index (χ2v) is 8.03. The molecule has 6 nitrogen and oxygen atoms in total. The lowest BCUT2D eigenvalue weighted by Gasteiger charge is -2.48. The molecule has 1 atom stereocenters. The predicted molar refractivity (Wildman–Crippen MR) is 106 cm³/mol. The number of nitrogens with zero attached hydrogens (tertiary/aromatic N) is 5. The first kappa shape index (κ1) is 18.4. The maximum Gasteiger partial charge on any atom is 0.222 e. The van der Waals surface area contributed by atoms with Crippen molar-refractivity contribution in [1.29, 1.82) is 5.26 Å². The first-order valence-electron chi connectivity index (χ1n) is 9.89. The van der Waals surface area contributed by atoms with Crippen LogP contribution in [0, 0.1) is 23.7 Å². The van der Waals surface area contributed by atoms with E-state index < -0.39 is 0 Å². The van der Waals surface area contributed by atoms with Crippen molar-refractivity contribution in [3.05, 3.63) is 53.5 Å². The molecule has 0 saturated carbocycles. The van der Waals surface area contributed by atoms with Gasteiger partial charge in [-0.2, -0.15) is 5.26 Å². The number of aromatic nitrogens is 2. The lowest BCUT2D eigenvalue weighted by Crippen LogP contribution is -2.54. The van der Waals surface area contributed by atoms with Crippen LogP contribution in [-0.2, 0) is 11.3 Å². The molecule has 0 unspecified atom stereocenters. The minimum Gasteiger partial charge on any atom is -0.355 e. The largest absolute Gasteiger partial charge is 0.355 e. The van der Waals surface area contributed by atoms with Gasteiger partial charge in [-0.3, -0.25) is 9.78 Å². The molecule has 4 heterocycles. The number of amides is 1. The highest BCUT2D eigenvalue weighted by Crippen LogP contribution is 2.40. The fourth-order valence-corrected chi connectivity index (χ4v) is 4.53. The molecule has 0 N–H and O–H groups in total. The third kappa shape index (κ3) is 3.70. The average molecular weight is 375 g/mol. The summed E-state index contributed by atoms with van der Waals surface area (Å²) < 4.78 is 0. The Morgan fingerprint density at radius 2 is 2.11 bits per heavy atom. The van der Waals surface area contributed by atoms with E-state index in [1.807, 2.05) is 42.2 Å². The summed E-state index contributed by atoms with van der Waals surface area (Å²) in [6.07, 6.45) is 5.39. The van der Waals surface area contributed by atoms with Crippen molar-refractivity contribution in [3.63, 3.8) is 0 Å². The number of anilines is 1. The van der Waals surface area contributed by atoms with Gasteiger partial charge < -0.3 is 9.80 Å². The second-order valence-electron chi connectivity index (χ2n) is 8.03. The van der Waals surface area contributed by atoms with Crippen LogP contribution in [-0.4, -0.2) is 40.4 Å². The van der Waals surface area contributed by atoms with Crippen molar-refractivity contribution in [1.82, 2.24) is 14.9 Å². The van der Waals surface area contributed by atoms with Crippen LogP contribution in [0.25, 0.3) is 0 Å². The number of rotatable bonds is 3. The summed E-state index contributed by atoms with van der Waals surface area (Å²) in [5.74, 6) is 0.995. The van der Waals surface area contributed by atoms with Crippen molar-refractivity contribution in [2.75, 3.05) is 24.5 Å². The fraction of sp³-hybridized carbons (Fsp3) is 0.455. The van der Waals surface area contributed by atoms with Gasteiger partial charge in [0.15, 0.2) is 0 Å². The average Bonchev–Trinajstić information content (AvgIpc) is 2.72. The number of likely N-dealkylation sites (tertiary alicyclic amines) is 1. The van der Waals surface area contributed by atoms with Crippen molar-refractivity contribution >= 4 is 11.7 Å². The zero-order valence-electron chi connectivity index (χ0n) is 16.3. The molecular formula is C22H25N5O. The highest BCUT2D eigenvalue weighted by atomic mass is 16.2. The maximum absolute atomic E-state index is 12.6. The molecule has 144 valence electrons. The number of hydrogen-bond donors (Lipinski definition) is 0. The highest BCUT2D eigenvalue weighted by Gasteiger charge is 2.42. The van der Waals surface area contributed by atoms with Gasteiger partial charge in [-0.25, -0.2) is 4.98 Å². The lowest BCUT2D eigenvalue weighted by molar-refractivity contribution is -0.138. The van der Waals surface area contributed by atoms with Gasteiger partial charge in [-0.1, -0.05) is 6.07 Å². The number of carbonyl (C=O) groups is 1. The summed E-state index contributed by atoms with van der Waals surface area (Å²) >= 11 is 0. The van der Waals surface area contributed by atoms with E-state index in [0.717, 1.165) is 56.1 Å². The molecule has 1 amide bonds. The van der Waals surface area contributed by atoms with Gasteiger partial charge in [0.1, 0.15) is 11.9 Å². The molecule has 2 aromatic rings. The first-order chi connectivity index (χ1) is 13.6. The molecule has 0 radical (unpaired) electrons. The molecule has 0 aromatic carbocycles. The Hall–Kier alpha value is -2.94. The SMILES string of the molecule is Cc1ccc(C#N)c(N2CCC[C@]3(CCC(=O)N(Cc4ccccn4)C3)C2)n1. The summed E-state index contributed by atoms with van der Waals surface area (Å²) in [4.78, 5) is 25.8. The maximum atomic E-state index is 12.6. The molecule has 0 aliphatic carbocycles. The molecule has 0 bridgehead atoms.